The number of hydrogen-bond acceptors (Lipinski definition) is 2. The third kappa shape index (κ3) is 2.71. The topological polar surface area (TPSA) is 24.9 Å². The summed E-state index contributed by atoms with van der Waals surface area (Å²) in [5.41, 5.74) is 1.61. The Balaban J connectivity index is 2.49. The number of nitrogens with one attached hydrogen (secondary N) is 1. The molecule has 18 heavy (non-hydrogen) atoms. The van der Waals surface area contributed by atoms with Crippen molar-refractivity contribution < 1.29 is 4.39 Å². The molecule has 0 saturated heterocycles. The second-order valence-electron chi connectivity index (χ2n) is 3.80. The molecule has 0 aliphatic rings. The highest BCUT2D eigenvalue weighted by Crippen LogP contribution is 2.33. The summed E-state index contributed by atoms with van der Waals surface area (Å²) in [6, 6.07) is 6.91. The second kappa shape index (κ2) is 5.78. The largest absolute Gasteiger partial charge is 0.309 e. The van der Waals surface area contributed by atoms with Crippen LogP contribution in [0.25, 0.3) is 0 Å². The maximum Gasteiger partial charge on any atom is 0.141 e. The van der Waals surface area contributed by atoms with E-state index in [9.17, 15) is 4.39 Å². The molecular weight excluding hydrogens is 319 g/mol. The summed E-state index contributed by atoms with van der Waals surface area (Å²) < 4.78 is 14.0. The van der Waals surface area contributed by atoms with Crippen molar-refractivity contribution >= 4 is 27.5 Å². The maximum atomic E-state index is 13.2. The summed E-state index contributed by atoms with van der Waals surface area (Å²) in [6.45, 7) is 0. The molecule has 0 radical (unpaired) electrons. The lowest BCUT2D eigenvalue weighted by Gasteiger charge is -2.18. The van der Waals surface area contributed by atoms with Gasteiger partial charge in [-0.1, -0.05) is 23.7 Å². The average molecular weight is 330 g/mol. The third-order valence-corrected chi connectivity index (χ3v) is 3.95. The van der Waals surface area contributed by atoms with Crippen LogP contribution in [0.2, 0.25) is 5.02 Å². The van der Waals surface area contributed by atoms with Gasteiger partial charge in [-0.3, -0.25) is 4.98 Å². The van der Waals surface area contributed by atoms with E-state index in [0.29, 0.717) is 5.02 Å². The minimum Gasteiger partial charge on any atom is -0.309 e. The predicted molar refractivity (Wildman–Crippen MR) is 74.2 cm³/mol. The molecule has 0 saturated carbocycles. The van der Waals surface area contributed by atoms with Crippen LogP contribution in [-0.2, 0) is 0 Å². The molecule has 5 heteroatoms. The predicted octanol–water partition coefficient (Wildman–Crippen LogP) is 3.95. The molecule has 1 aromatic heterocycles. The first-order valence-corrected chi connectivity index (χ1v) is 6.52. The summed E-state index contributed by atoms with van der Waals surface area (Å²) in [6.07, 6.45) is 2.81. The van der Waals surface area contributed by atoms with Crippen LogP contribution in [0.5, 0.6) is 0 Å². The van der Waals surface area contributed by atoms with E-state index >= 15 is 0 Å². The Morgan fingerprint density at radius 1 is 1.39 bits per heavy atom. The molecule has 2 nitrogen and oxygen atoms in total. The molecule has 1 atom stereocenters. The van der Waals surface area contributed by atoms with E-state index in [1.54, 1.807) is 13.2 Å². The zero-order valence-corrected chi connectivity index (χ0v) is 12.0. The van der Waals surface area contributed by atoms with Gasteiger partial charge in [0, 0.05) is 10.7 Å². The molecule has 94 valence electrons. The molecular formula is C13H11BrClFN2. The lowest BCUT2D eigenvalue weighted by atomic mass is 10.0. The molecule has 0 amide bonds. The van der Waals surface area contributed by atoms with Gasteiger partial charge in [-0.15, -0.1) is 0 Å². The molecule has 1 unspecified atom stereocenters. The molecule has 0 aliphatic heterocycles. The van der Waals surface area contributed by atoms with Crippen LogP contribution < -0.4 is 5.32 Å². The normalized spacial score (nSPS) is 12.4. The Labute approximate surface area is 118 Å². The summed E-state index contributed by atoms with van der Waals surface area (Å²) in [5, 5.41) is 3.73. The number of rotatable bonds is 3. The molecule has 0 bridgehead atoms. The highest BCUT2D eigenvalue weighted by Gasteiger charge is 2.17. The molecule has 1 aromatic carbocycles. The fraction of sp³-hybridized carbons (Fsp3) is 0.154. The number of nitrogens with zero attached hydrogens (tertiary/aromatic N) is 1. The zero-order valence-electron chi connectivity index (χ0n) is 9.62. The van der Waals surface area contributed by atoms with E-state index in [0.717, 1.165) is 15.6 Å². The van der Waals surface area contributed by atoms with Gasteiger partial charge in [0.15, 0.2) is 0 Å². The second-order valence-corrected chi connectivity index (χ2v) is 5.03. The molecule has 0 fully saturated rings. The number of benzene rings is 1. The first kappa shape index (κ1) is 13.5. The van der Waals surface area contributed by atoms with E-state index in [-0.39, 0.29) is 11.9 Å². The number of halogens is 3. The Kier molecular flexibility index (Phi) is 4.32. The number of hydrogen-bond donors (Lipinski definition) is 1. The smallest absolute Gasteiger partial charge is 0.141 e. The van der Waals surface area contributed by atoms with Crippen molar-refractivity contribution in [3.63, 3.8) is 0 Å². The van der Waals surface area contributed by atoms with Crippen LogP contribution in [0, 0.1) is 5.82 Å². The van der Waals surface area contributed by atoms with E-state index in [1.807, 2.05) is 18.2 Å². The van der Waals surface area contributed by atoms with Gasteiger partial charge in [0.1, 0.15) is 5.82 Å². The quantitative estimate of drug-likeness (QED) is 0.922. The minimum atomic E-state index is -0.362. The van der Waals surface area contributed by atoms with Crippen LogP contribution in [0.3, 0.4) is 0 Å². The van der Waals surface area contributed by atoms with Gasteiger partial charge in [-0.25, -0.2) is 4.39 Å². The van der Waals surface area contributed by atoms with Crippen molar-refractivity contribution in [2.24, 2.45) is 0 Å². The molecule has 2 rings (SSSR count). The molecule has 2 aromatic rings. The molecule has 0 aliphatic carbocycles. The van der Waals surface area contributed by atoms with E-state index in [1.165, 1.54) is 12.3 Å². The van der Waals surface area contributed by atoms with Crippen molar-refractivity contribution in [1.82, 2.24) is 10.3 Å². The van der Waals surface area contributed by atoms with Gasteiger partial charge in [-0.2, -0.15) is 0 Å². The van der Waals surface area contributed by atoms with Crippen molar-refractivity contribution in [3.05, 3.63) is 63.1 Å². The van der Waals surface area contributed by atoms with Crippen molar-refractivity contribution in [3.8, 4) is 0 Å². The highest BCUT2D eigenvalue weighted by atomic mass is 79.9. The minimum absolute atomic E-state index is 0.196. The SMILES string of the molecule is CNC(c1cncc(F)c1)c1cccc(Br)c1Cl. The van der Waals surface area contributed by atoms with E-state index < -0.39 is 0 Å². The zero-order chi connectivity index (χ0) is 13.1. The lowest BCUT2D eigenvalue weighted by Crippen LogP contribution is -2.18. The van der Waals surface area contributed by atoms with Crippen molar-refractivity contribution in [2.45, 2.75) is 6.04 Å². The van der Waals surface area contributed by atoms with Gasteiger partial charge >= 0.3 is 0 Å². The van der Waals surface area contributed by atoms with Crippen LogP contribution in [-0.4, -0.2) is 12.0 Å². The number of aromatic nitrogens is 1. The van der Waals surface area contributed by atoms with Crippen molar-refractivity contribution in [2.75, 3.05) is 7.05 Å². The lowest BCUT2D eigenvalue weighted by molar-refractivity contribution is 0.608. The Hall–Kier alpha value is -0.970. The monoisotopic (exact) mass is 328 g/mol. The summed E-state index contributed by atoms with van der Waals surface area (Å²) in [5.74, 6) is -0.362. The van der Waals surface area contributed by atoms with Gasteiger partial charge in [0.05, 0.1) is 17.3 Å². The van der Waals surface area contributed by atoms with Crippen LogP contribution >= 0.6 is 27.5 Å². The van der Waals surface area contributed by atoms with E-state index in [4.69, 9.17) is 11.6 Å². The van der Waals surface area contributed by atoms with Crippen LogP contribution in [0.4, 0.5) is 4.39 Å². The van der Waals surface area contributed by atoms with Gasteiger partial charge in [-0.05, 0) is 46.2 Å². The molecule has 1 heterocycles. The Morgan fingerprint density at radius 3 is 2.83 bits per heavy atom. The van der Waals surface area contributed by atoms with Gasteiger partial charge in [0.25, 0.3) is 0 Å². The van der Waals surface area contributed by atoms with E-state index in [2.05, 4.69) is 26.2 Å². The van der Waals surface area contributed by atoms with Crippen LogP contribution in [0.15, 0.2) is 41.1 Å². The fourth-order valence-corrected chi connectivity index (χ4v) is 2.45. The third-order valence-electron chi connectivity index (χ3n) is 2.64. The Morgan fingerprint density at radius 2 is 2.17 bits per heavy atom. The first-order valence-electron chi connectivity index (χ1n) is 5.35. The average Bonchev–Trinajstić information content (AvgIpc) is 2.35. The van der Waals surface area contributed by atoms with Gasteiger partial charge in [0.2, 0.25) is 0 Å². The summed E-state index contributed by atoms with van der Waals surface area (Å²) >= 11 is 9.64. The number of pyridine rings is 1. The summed E-state index contributed by atoms with van der Waals surface area (Å²) in [4.78, 5) is 3.86. The van der Waals surface area contributed by atoms with Gasteiger partial charge < -0.3 is 5.32 Å². The first-order chi connectivity index (χ1) is 8.63. The van der Waals surface area contributed by atoms with Crippen LogP contribution in [0.1, 0.15) is 17.2 Å². The van der Waals surface area contributed by atoms with Crippen molar-refractivity contribution in [1.29, 1.82) is 0 Å². The summed E-state index contributed by atoms with van der Waals surface area (Å²) in [7, 11) is 1.80. The fourth-order valence-electron chi connectivity index (χ4n) is 1.83. The molecule has 1 N–H and O–H groups in total. The molecule has 0 spiro atoms. The standard InChI is InChI=1S/C13H11BrClFN2/c1-17-13(8-5-9(16)7-18-6-8)10-3-2-4-11(14)12(10)15/h2-7,13,17H,1H3. The maximum absolute atomic E-state index is 13.2. The Bertz CT molecular complexity index is 562. The highest BCUT2D eigenvalue weighted by molar-refractivity contribution is 9.10.